The summed E-state index contributed by atoms with van der Waals surface area (Å²) in [6, 6.07) is 6.50. The van der Waals surface area contributed by atoms with E-state index >= 15 is 0 Å². The van der Waals surface area contributed by atoms with Crippen LogP contribution in [0.15, 0.2) is 24.3 Å². The second-order valence-corrected chi connectivity index (χ2v) is 8.96. The summed E-state index contributed by atoms with van der Waals surface area (Å²) in [7, 11) is 0. The number of piperazine rings is 1. The molecule has 0 saturated carbocycles. The number of benzene rings is 1. The van der Waals surface area contributed by atoms with Crippen molar-refractivity contribution in [3.63, 3.8) is 0 Å². The SMILES string of the molecule is CC(C)(C)OC(=O)N1CCC(CC(=O)N2CCN(c3ccc(F)cc3)CC2)CC1. The summed E-state index contributed by atoms with van der Waals surface area (Å²) in [5.74, 6) is 0.274. The van der Waals surface area contributed by atoms with Gasteiger partial charge in [-0.05, 0) is 63.8 Å². The van der Waals surface area contributed by atoms with Crippen LogP contribution < -0.4 is 4.90 Å². The average molecular weight is 406 g/mol. The van der Waals surface area contributed by atoms with Crippen LogP contribution in [-0.2, 0) is 9.53 Å². The van der Waals surface area contributed by atoms with Crippen LogP contribution in [0.3, 0.4) is 0 Å². The van der Waals surface area contributed by atoms with Crippen LogP contribution in [0.25, 0.3) is 0 Å². The second-order valence-electron chi connectivity index (χ2n) is 8.96. The maximum Gasteiger partial charge on any atom is 0.410 e. The topological polar surface area (TPSA) is 53.1 Å². The van der Waals surface area contributed by atoms with Gasteiger partial charge in [0.1, 0.15) is 11.4 Å². The van der Waals surface area contributed by atoms with Gasteiger partial charge in [0, 0.05) is 51.4 Å². The highest BCUT2D eigenvalue weighted by atomic mass is 19.1. The summed E-state index contributed by atoms with van der Waals surface area (Å²) in [6.07, 6.45) is 1.94. The van der Waals surface area contributed by atoms with Crippen molar-refractivity contribution in [2.45, 2.75) is 45.6 Å². The van der Waals surface area contributed by atoms with Crippen LogP contribution in [0.5, 0.6) is 0 Å². The minimum Gasteiger partial charge on any atom is -0.444 e. The van der Waals surface area contributed by atoms with Crippen molar-refractivity contribution in [2.24, 2.45) is 5.92 Å². The third-order valence-corrected chi connectivity index (χ3v) is 5.55. The molecular weight excluding hydrogens is 373 g/mol. The van der Waals surface area contributed by atoms with Gasteiger partial charge >= 0.3 is 6.09 Å². The van der Waals surface area contributed by atoms with Crippen molar-refractivity contribution in [3.8, 4) is 0 Å². The zero-order chi connectivity index (χ0) is 21.0. The summed E-state index contributed by atoms with van der Waals surface area (Å²) < 4.78 is 18.5. The first-order valence-electron chi connectivity index (χ1n) is 10.5. The lowest BCUT2D eigenvalue weighted by Crippen LogP contribution is -2.49. The molecule has 0 aliphatic carbocycles. The molecule has 1 aromatic carbocycles. The number of carbonyl (C=O) groups is 2. The quantitative estimate of drug-likeness (QED) is 0.772. The number of nitrogens with zero attached hydrogens (tertiary/aromatic N) is 3. The minimum absolute atomic E-state index is 0.194. The number of hydrogen-bond donors (Lipinski definition) is 0. The van der Waals surface area contributed by atoms with Crippen LogP contribution in [0, 0.1) is 11.7 Å². The first kappa shape index (κ1) is 21.4. The molecule has 6 nitrogen and oxygen atoms in total. The highest BCUT2D eigenvalue weighted by Crippen LogP contribution is 2.24. The zero-order valence-corrected chi connectivity index (χ0v) is 17.7. The van der Waals surface area contributed by atoms with Crippen LogP contribution in [0.1, 0.15) is 40.0 Å². The zero-order valence-electron chi connectivity index (χ0n) is 17.7. The summed E-state index contributed by atoms with van der Waals surface area (Å²) in [5.41, 5.74) is 0.507. The van der Waals surface area contributed by atoms with Crippen molar-refractivity contribution in [2.75, 3.05) is 44.2 Å². The molecule has 3 rings (SSSR count). The Balaban J connectivity index is 1.40. The molecule has 29 heavy (non-hydrogen) atoms. The molecule has 0 aromatic heterocycles. The number of halogens is 1. The van der Waals surface area contributed by atoms with Gasteiger partial charge in [-0.1, -0.05) is 0 Å². The van der Waals surface area contributed by atoms with E-state index in [1.807, 2.05) is 25.7 Å². The van der Waals surface area contributed by atoms with E-state index in [0.717, 1.165) is 31.6 Å². The van der Waals surface area contributed by atoms with E-state index in [1.54, 1.807) is 17.0 Å². The Labute approximate surface area is 172 Å². The second kappa shape index (κ2) is 9.01. The van der Waals surface area contributed by atoms with E-state index < -0.39 is 5.60 Å². The molecule has 0 N–H and O–H groups in total. The van der Waals surface area contributed by atoms with Gasteiger partial charge in [-0.2, -0.15) is 0 Å². The Kier molecular flexibility index (Phi) is 6.65. The standard InChI is InChI=1S/C22H32FN3O3/c1-22(2,3)29-21(28)26-10-8-17(9-11-26)16-20(27)25-14-12-24(13-15-25)19-6-4-18(23)5-7-19/h4-7,17H,8-16H2,1-3H3. The molecule has 2 aliphatic heterocycles. The molecular formula is C22H32FN3O3. The highest BCUT2D eigenvalue weighted by molar-refractivity contribution is 5.77. The molecule has 1 aromatic rings. The predicted molar refractivity (Wildman–Crippen MR) is 110 cm³/mol. The van der Waals surface area contributed by atoms with Gasteiger partial charge in [0.15, 0.2) is 0 Å². The van der Waals surface area contributed by atoms with E-state index in [1.165, 1.54) is 12.1 Å². The van der Waals surface area contributed by atoms with Crippen LogP contribution in [0.4, 0.5) is 14.9 Å². The molecule has 2 fully saturated rings. The van der Waals surface area contributed by atoms with Crippen LogP contribution in [-0.4, -0.2) is 66.7 Å². The molecule has 0 radical (unpaired) electrons. The van der Waals surface area contributed by atoms with E-state index in [2.05, 4.69) is 4.90 Å². The fourth-order valence-corrected chi connectivity index (χ4v) is 3.89. The van der Waals surface area contributed by atoms with Crippen LogP contribution >= 0.6 is 0 Å². The minimum atomic E-state index is -0.486. The number of carbonyl (C=O) groups excluding carboxylic acids is 2. The molecule has 160 valence electrons. The van der Waals surface area contributed by atoms with Gasteiger partial charge in [0.25, 0.3) is 0 Å². The van der Waals surface area contributed by atoms with Gasteiger partial charge in [0.05, 0.1) is 0 Å². The van der Waals surface area contributed by atoms with Crippen molar-refractivity contribution < 1.29 is 18.7 Å². The van der Waals surface area contributed by atoms with E-state index in [4.69, 9.17) is 4.74 Å². The molecule has 2 saturated heterocycles. The normalized spacial score (nSPS) is 18.7. The summed E-state index contributed by atoms with van der Waals surface area (Å²) >= 11 is 0. The lowest BCUT2D eigenvalue weighted by atomic mass is 9.93. The molecule has 7 heteroatoms. The Morgan fingerprint density at radius 3 is 2.10 bits per heavy atom. The van der Waals surface area contributed by atoms with Gasteiger partial charge in [0.2, 0.25) is 5.91 Å². The van der Waals surface area contributed by atoms with E-state index in [9.17, 15) is 14.0 Å². The number of rotatable bonds is 3. The molecule has 0 atom stereocenters. The van der Waals surface area contributed by atoms with Crippen molar-refractivity contribution in [3.05, 3.63) is 30.1 Å². The van der Waals surface area contributed by atoms with Gasteiger partial charge in [-0.15, -0.1) is 0 Å². The van der Waals surface area contributed by atoms with E-state index in [-0.39, 0.29) is 17.8 Å². The predicted octanol–water partition coefficient (Wildman–Crippen LogP) is 3.51. The lowest BCUT2D eigenvalue weighted by molar-refractivity contribution is -0.132. The van der Waals surface area contributed by atoms with Gasteiger partial charge in [-0.3, -0.25) is 4.79 Å². The van der Waals surface area contributed by atoms with Crippen molar-refractivity contribution in [1.29, 1.82) is 0 Å². The van der Waals surface area contributed by atoms with Crippen molar-refractivity contribution >= 4 is 17.7 Å². The maximum absolute atomic E-state index is 13.1. The molecule has 0 bridgehead atoms. The largest absolute Gasteiger partial charge is 0.444 e. The monoisotopic (exact) mass is 405 g/mol. The summed E-state index contributed by atoms with van der Waals surface area (Å²) in [6.45, 7) is 9.78. The summed E-state index contributed by atoms with van der Waals surface area (Å²) in [4.78, 5) is 30.7. The van der Waals surface area contributed by atoms with Crippen molar-refractivity contribution in [1.82, 2.24) is 9.80 Å². The number of amides is 2. The molecule has 2 aliphatic rings. The summed E-state index contributed by atoms with van der Waals surface area (Å²) in [5, 5.41) is 0. The Morgan fingerprint density at radius 1 is 0.966 bits per heavy atom. The maximum atomic E-state index is 13.1. The smallest absolute Gasteiger partial charge is 0.410 e. The number of piperidine rings is 1. The lowest BCUT2D eigenvalue weighted by Gasteiger charge is -2.37. The Morgan fingerprint density at radius 2 is 1.55 bits per heavy atom. The molecule has 0 spiro atoms. The fraction of sp³-hybridized carbons (Fsp3) is 0.636. The molecule has 0 unspecified atom stereocenters. The third-order valence-electron chi connectivity index (χ3n) is 5.55. The number of anilines is 1. The van der Waals surface area contributed by atoms with Gasteiger partial charge in [-0.25, -0.2) is 9.18 Å². The van der Waals surface area contributed by atoms with Gasteiger partial charge < -0.3 is 19.4 Å². The Bertz CT molecular complexity index is 701. The molecule has 2 heterocycles. The molecule has 2 amide bonds. The number of hydrogen-bond acceptors (Lipinski definition) is 4. The Hall–Kier alpha value is -2.31. The third kappa shape index (κ3) is 6.08. The first-order chi connectivity index (χ1) is 13.7. The fourth-order valence-electron chi connectivity index (χ4n) is 3.89. The van der Waals surface area contributed by atoms with E-state index in [0.29, 0.717) is 38.5 Å². The first-order valence-corrected chi connectivity index (χ1v) is 10.5. The van der Waals surface area contributed by atoms with Crippen LogP contribution in [0.2, 0.25) is 0 Å². The average Bonchev–Trinajstić information content (AvgIpc) is 2.68. The highest BCUT2D eigenvalue weighted by Gasteiger charge is 2.29. The number of ether oxygens (including phenoxy) is 1. The number of likely N-dealkylation sites (tertiary alicyclic amines) is 1.